The highest BCUT2D eigenvalue weighted by Gasteiger charge is 2.35. The molecule has 1 aromatic carbocycles. The first-order valence-electron chi connectivity index (χ1n) is 8.03. The molecule has 1 fully saturated rings. The highest BCUT2D eigenvalue weighted by atomic mass is 16.5. The maximum Gasteiger partial charge on any atom is 0.260 e. The molecule has 6 nitrogen and oxygen atoms in total. The summed E-state index contributed by atoms with van der Waals surface area (Å²) < 4.78 is 5.15. The lowest BCUT2D eigenvalue weighted by molar-refractivity contribution is -0.131. The van der Waals surface area contributed by atoms with Gasteiger partial charge in [0, 0.05) is 26.6 Å². The molecule has 2 aromatic rings. The van der Waals surface area contributed by atoms with Crippen LogP contribution in [0, 0.1) is 13.8 Å². The predicted octanol–water partition coefficient (Wildman–Crippen LogP) is 2.34. The van der Waals surface area contributed by atoms with E-state index in [1.807, 2.05) is 35.2 Å². The number of benzene rings is 1. The first-order valence-corrected chi connectivity index (χ1v) is 8.03. The Balaban J connectivity index is 1.95. The average molecular weight is 327 g/mol. The van der Waals surface area contributed by atoms with Crippen LogP contribution in [0.25, 0.3) is 0 Å². The Kier molecular flexibility index (Phi) is 4.38. The number of hydrogen-bond donors (Lipinski definition) is 0. The smallest absolute Gasteiger partial charge is 0.260 e. The molecule has 0 spiro atoms. The molecule has 1 aliphatic rings. The van der Waals surface area contributed by atoms with Crippen LogP contribution in [-0.4, -0.2) is 46.4 Å². The van der Waals surface area contributed by atoms with Crippen molar-refractivity contribution < 1.29 is 14.1 Å². The van der Waals surface area contributed by atoms with Crippen LogP contribution in [0.3, 0.4) is 0 Å². The Hall–Kier alpha value is -2.63. The van der Waals surface area contributed by atoms with Crippen molar-refractivity contribution in [2.75, 3.05) is 19.6 Å². The molecule has 0 saturated carbocycles. The van der Waals surface area contributed by atoms with E-state index in [4.69, 9.17) is 4.52 Å². The summed E-state index contributed by atoms with van der Waals surface area (Å²) in [5.74, 6) is 0.460. The van der Waals surface area contributed by atoms with Gasteiger partial charge in [0.15, 0.2) is 0 Å². The minimum atomic E-state index is -0.176. The Bertz CT molecular complexity index is 735. The van der Waals surface area contributed by atoms with Crippen molar-refractivity contribution in [1.29, 1.82) is 0 Å². The van der Waals surface area contributed by atoms with Crippen molar-refractivity contribution >= 4 is 11.8 Å². The molecule has 24 heavy (non-hydrogen) atoms. The fourth-order valence-electron chi connectivity index (χ4n) is 3.20. The van der Waals surface area contributed by atoms with Gasteiger partial charge in [-0.1, -0.05) is 35.5 Å². The summed E-state index contributed by atoms with van der Waals surface area (Å²) in [4.78, 5) is 28.5. The number of aromatic nitrogens is 1. The van der Waals surface area contributed by atoms with Gasteiger partial charge in [0.25, 0.3) is 5.91 Å². The number of aryl methyl sites for hydroxylation is 2. The molecule has 1 aliphatic heterocycles. The van der Waals surface area contributed by atoms with Crippen LogP contribution in [0.4, 0.5) is 0 Å². The van der Waals surface area contributed by atoms with Crippen molar-refractivity contribution in [2.24, 2.45) is 0 Å². The third-order valence-electron chi connectivity index (χ3n) is 4.52. The van der Waals surface area contributed by atoms with Gasteiger partial charge >= 0.3 is 0 Å². The minimum absolute atomic E-state index is 0.0281. The average Bonchev–Trinajstić information content (AvgIpc) is 2.93. The van der Waals surface area contributed by atoms with E-state index >= 15 is 0 Å². The SMILES string of the molecule is CC(=O)N1CCN(C(=O)c2c(C)noc2C)[C@H](c2ccccc2)C1. The minimum Gasteiger partial charge on any atom is -0.361 e. The fourth-order valence-corrected chi connectivity index (χ4v) is 3.20. The quantitative estimate of drug-likeness (QED) is 0.849. The summed E-state index contributed by atoms with van der Waals surface area (Å²) >= 11 is 0. The molecule has 6 heteroatoms. The zero-order valence-corrected chi connectivity index (χ0v) is 14.2. The van der Waals surface area contributed by atoms with Gasteiger partial charge < -0.3 is 14.3 Å². The van der Waals surface area contributed by atoms with Crippen molar-refractivity contribution in [1.82, 2.24) is 15.0 Å². The van der Waals surface area contributed by atoms with Gasteiger partial charge in [-0.3, -0.25) is 9.59 Å². The van der Waals surface area contributed by atoms with E-state index in [1.54, 1.807) is 25.7 Å². The van der Waals surface area contributed by atoms with Crippen LogP contribution in [0.15, 0.2) is 34.9 Å². The summed E-state index contributed by atoms with van der Waals surface area (Å²) in [5, 5.41) is 3.89. The van der Waals surface area contributed by atoms with Gasteiger partial charge in [0.1, 0.15) is 11.3 Å². The fraction of sp³-hybridized carbons (Fsp3) is 0.389. The van der Waals surface area contributed by atoms with Crippen LogP contribution < -0.4 is 0 Å². The number of rotatable bonds is 2. The topological polar surface area (TPSA) is 66.7 Å². The summed E-state index contributed by atoms with van der Waals surface area (Å²) in [5.41, 5.74) is 2.13. The third-order valence-corrected chi connectivity index (χ3v) is 4.52. The van der Waals surface area contributed by atoms with Gasteiger partial charge in [-0.15, -0.1) is 0 Å². The number of carbonyl (C=O) groups is 2. The lowest BCUT2D eigenvalue weighted by atomic mass is 10.0. The van der Waals surface area contributed by atoms with Gasteiger partial charge in [-0.2, -0.15) is 0 Å². The Labute approximate surface area is 141 Å². The molecule has 1 atom stereocenters. The predicted molar refractivity (Wildman–Crippen MR) is 88.5 cm³/mol. The molecule has 0 unspecified atom stereocenters. The van der Waals surface area contributed by atoms with E-state index in [0.717, 1.165) is 5.56 Å². The van der Waals surface area contributed by atoms with E-state index in [1.165, 1.54) is 0 Å². The summed E-state index contributed by atoms with van der Waals surface area (Å²) in [7, 11) is 0. The van der Waals surface area contributed by atoms with Crippen molar-refractivity contribution in [3.05, 3.63) is 52.9 Å². The molecule has 2 amide bonds. The molecular formula is C18H21N3O3. The molecule has 1 saturated heterocycles. The largest absolute Gasteiger partial charge is 0.361 e. The number of piperazine rings is 1. The molecule has 0 N–H and O–H groups in total. The Morgan fingerprint density at radius 2 is 1.88 bits per heavy atom. The van der Waals surface area contributed by atoms with Crippen LogP contribution in [0.1, 0.15) is 40.3 Å². The van der Waals surface area contributed by atoms with E-state index in [-0.39, 0.29) is 17.9 Å². The first kappa shape index (κ1) is 16.2. The van der Waals surface area contributed by atoms with E-state index in [2.05, 4.69) is 5.16 Å². The standard InChI is InChI=1S/C18H21N3O3/c1-12-17(13(2)24-19-12)18(23)21-10-9-20(14(3)22)11-16(21)15-7-5-4-6-8-15/h4-8,16H,9-11H2,1-3H3/t16-/m0/s1. The Morgan fingerprint density at radius 1 is 1.17 bits per heavy atom. The molecule has 126 valence electrons. The third kappa shape index (κ3) is 2.91. The molecule has 0 radical (unpaired) electrons. The number of hydrogen-bond acceptors (Lipinski definition) is 4. The monoisotopic (exact) mass is 327 g/mol. The molecule has 3 rings (SSSR count). The number of nitrogens with zero attached hydrogens (tertiary/aromatic N) is 3. The second kappa shape index (κ2) is 6.47. The van der Waals surface area contributed by atoms with Crippen molar-refractivity contribution in [2.45, 2.75) is 26.8 Å². The maximum absolute atomic E-state index is 13.1. The lowest BCUT2D eigenvalue weighted by Gasteiger charge is -2.41. The van der Waals surface area contributed by atoms with E-state index in [0.29, 0.717) is 36.7 Å². The van der Waals surface area contributed by atoms with E-state index in [9.17, 15) is 9.59 Å². The van der Waals surface area contributed by atoms with Gasteiger partial charge in [0.05, 0.1) is 11.7 Å². The number of amides is 2. The molecule has 2 heterocycles. The van der Waals surface area contributed by atoms with Crippen LogP contribution in [-0.2, 0) is 4.79 Å². The zero-order valence-electron chi connectivity index (χ0n) is 14.2. The molecule has 0 bridgehead atoms. The summed E-state index contributed by atoms with van der Waals surface area (Å²) in [6, 6.07) is 9.63. The summed E-state index contributed by atoms with van der Waals surface area (Å²) in [6.07, 6.45) is 0. The van der Waals surface area contributed by atoms with E-state index < -0.39 is 0 Å². The van der Waals surface area contributed by atoms with Crippen LogP contribution >= 0.6 is 0 Å². The van der Waals surface area contributed by atoms with Gasteiger partial charge in [-0.25, -0.2) is 0 Å². The Morgan fingerprint density at radius 3 is 2.46 bits per heavy atom. The highest BCUT2D eigenvalue weighted by molar-refractivity contribution is 5.96. The van der Waals surface area contributed by atoms with Crippen molar-refractivity contribution in [3.63, 3.8) is 0 Å². The van der Waals surface area contributed by atoms with Crippen LogP contribution in [0.2, 0.25) is 0 Å². The molecule has 0 aliphatic carbocycles. The first-order chi connectivity index (χ1) is 11.5. The normalized spacial score (nSPS) is 17.9. The maximum atomic E-state index is 13.1. The second-order valence-corrected chi connectivity index (χ2v) is 6.09. The van der Waals surface area contributed by atoms with Gasteiger partial charge in [0.2, 0.25) is 5.91 Å². The lowest BCUT2D eigenvalue weighted by Crippen LogP contribution is -2.52. The van der Waals surface area contributed by atoms with Crippen LogP contribution in [0.5, 0.6) is 0 Å². The molecular weight excluding hydrogens is 306 g/mol. The summed E-state index contributed by atoms with van der Waals surface area (Å²) in [6.45, 7) is 6.60. The van der Waals surface area contributed by atoms with Crippen molar-refractivity contribution in [3.8, 4) is 0 Å². The number of carbonyl (C=O) groups excluding carboxylic acids is 2. The molecule has 1 aromatic heterocycles. The second-order valence-electron chi connectivity index (χ2n) is 6.09. The van der Waals surface area contributed by atoms with Gasteiger partial charge in [-0.05, 0) is 19.4 Å². The highest BCUT2D eigenvalue weighted by Crippen LogP contribution is 2.28. The zero-order chi connectivity index (χ0) is 17.3.